The summed E-state index contributed by atoms with van der Waals surface area (Å²) in [6.45, 7) is 7.95. The van der Waals surface area contributed by atoms with Gasteiger partial charge in [0.05, 0.1) is 0 Å². The van der Waals surface area contributed by atoms with Gasteiger partial charge in [-0.25, -0.2) is 0 Å². The fraction of sp³-hybridized carbons (Fsp3) is 0.833. The quantitative estimate of drug-likeness (QED) is 0.700. The molecule has 88 valence electrons. The Kier molecular flexibility index (Phi) is 5.72. The lowest BCUT2D eigenvalue weighted by Gasteiger charge is -2.28. The minimum Gasteiger partial charge on any atom is -0.309 e. The van der Waals surface area contributed by atoms with Gasteiger partial charge in [-0.2, -0.15) is 11.8 Å². The largest absolute Gasteiger partial charge is 0.309 e. The number of likely N-dealkylation sites (N-methyl/N-ethyl adjacent to an activating group) is 1. The van der Waals surface area contributed by atoms with E-state index in [4.69, 9.17) is 0 Å². The second kappa shape index (κ2) is 6.56. The SMILES string of the molecule is CSCCC(C)N(C)CC(C)=C1CNC1. The summed E-state index contributed by atoms with van der Waals surface area (Å²) < 4.78 is 0. The fourth-order valence-corrected chi connectivity index (χ4v) is 2.28. The van der Waals surface area contributed by atoms with Crippen LogP contribution in [0.4, 0.5) is 0 Å². The molecule has 0 saturated carbocycles. The van der Waals surface area contributed by atoms with Crippen LogP contribution in [0.15, 0.2) is 11.1 Å². The zero-order chi connectivity index (χ0) is 11.3. The van der Waals surface area contributed by atoms with Gasteiger partial charge in [-0.15, -0.1) is 0 Å². The molecule has 0 spiro atoms. The molecule has 1 aliphatic heterocycles. The third kappa shape index (κ3) is 4.17. The van der Waals surface area contributed by atoms with Crippen molar-refractivity contribution in [3.8, 4) is 0 Å². The van der Waals surface area contributed by atoms with Gasteiger partial charge in [-0.3, -0.25) is 4.90 Å². The summed E-state index contributed by atoms with van der Waals surface area (Å²) in [5.41, 5.74) is 3.17. The number of nitrogens with one attached hydrogen (secondary N) is 1. The van der Waals surface area contributed by atoms with E-state index in [1.54, 1.807) is 11.1 Å². The van der Waals surface area contributed by atoms with Gasteiger partial charge < -0.3 is 5.32 Å². The van der Waals surface area contributed by atoms with Crippen LogP contribution in [-0.4, -0.2) is 49.6 Å². The Morgan fingerprint density at radius 2 is 2.20 bits per heavy atom. The molecule has 1 rings (SSSR count). The smallest absolute Gasteiger partial charge is 0.0193 e. The summed E-state index contributed by atoms with van der Waals surface area (Å²) in [5.74, 6) is 1.27. The van der Waals surface area contributed by atoms with Crippen LogP contribution in [0.25, 0.3) is 0 Å². The maximum atomic E-state index is 3.30. The highest BCUT2D eigenvalue weighted by Crippen LogP contribution is 2.12. The molecule has 0 bridgehead atoms. The van der Waals surface area contributed by atoms with Crippen molar-refractivity contribution in [2.75, 3.05) is 38.7 Å². The lowest BCUT2D eigenvalue weighted by atomic mass is 10.0. The molecule has 1 N–H and O–H groups in total. The third-order valence-electron chi connectivity index (χ3n) is 3.26. The number of hydrogen-bond acceptors (Lipinski definition) is 3. The van der Waals surface area contributed by atoms with Crippen LogP contribution in [0.5, 0.6) is 0 Å². The van der Waals surface area contributed by atoms with E-state index in [1.807, 2.05) is 11.8 Å². The van der Waals surface area contributed by atoms with Crippen molar-refractivity contribution in [3.05, 3.63) is 11.1 Å². The average molecular weight is 228 g/mol. The Morgan fingerprint density at radius 1 is 1.53 bits per heavy atom. The lowest BCUT2D eigenvalue weighted by molar-refractivity contribution is 0.272. The number of hydrogen-bond donors (Lipinski definition) is 1. The minimum atomic E-state index is 0.695. The summed E-state index contributed by atoms with van der Waals surface area (Å²) in [6.07, 6.45) is 3.47. The van der Waals surface area contributed by atoms with Gasteiger partial charge in [0.15, 0.2) is 0 Å². The monoisotopic (exact) mass is 228 g/mol. The molecule has 3 heteroatoms. The van der Waals surface area contributed by atoms with Crippen LogP contribution in [0.2, 0.25) is 0 Å². The Hall–Kier alpha value is 0.01000. The predicted octanol–water partition coefficient (Wildman–Crippen LogP) is 1.98. The van der Waals surface area contributed by atoms with E-state index < -0.39 is 0 Å². The first-order chi connectivity index (χ1) is 7.15. The van der Waals surface area contributed by atoms with E-state index in [-0.39, 0.29) is 0 Å². The van der Waals surface area contributed by atoms with Crippen molar-refractivity contribution in [2.45, 2.75) is 26.3 Å². The molecule has 0 amide bonds. The van der Waals surface area contributed by atoms with E-state index in [0.717, 1.165) is 19.6 Å². The maximum absolute atomic E-state index is 3.30. The Bertz CT molecular complexity index is 220. The first-order valence-corrected chi connectivity index (χ1v) is 7.12. The Morgan fingerprint density at radius 3 is 2.67 bits per heavy atom. The van der Waals surface area contributed by atoms with Crippen molar-refractivity contribution in [1.82, 2.24) is 10.2 Å². The highest BCUT2D eigenvalue weighted by molar-refractivity contribution is 7.98. The topological polar surface area (TPSA) is 15.3 Å². The van der Waals surface area contributed by atoms with Crippen LogP contribution in [0.3, 0.4) is 0 Å². The van der Waals surface area contributed by atoms with Crippen molar-refractivity contribution in [3.63, 3.8) is 0 Å². The van der Waals surface area contributed by atoms with Gasteiger partial charge >= 0.3 is 0 Å². The highest BCUT2D eigenvalue weighted by Gasteiger charge is 2.14. The summed E-state index contributed by atoms with van der Waals surface area (Å²) >= 11 is 1.94. The first kappa shape index (κ1) is 13.1. The highest BCUT2D eigenvalue weighted by atomic mass is 32.2. The first-order valence-electron chi connectivity index (χ1n) is 5.72. The molecule has 1 heterocycles. The molecule has 0 radical (unpaired) electrons. The molecule has 2 nitrogen and oxygen atoms in total. The van der Waals surface area contributed by atoms with Crippen molar-refractivity contribution in [2.24, 2.45) is 0 Å². The number of rotatable bonds is 6. The summed E-state index contributed by atoms with van der Waals surface area (Å²) in [5, 5.41) is 3.30. The van der Waals surface area contributed by atoms with Gasteiger partial charge in [0.1, 0.15) is 0 Å². The van der Waals surface area contributed by atoms with Gasteiger partial charge in [-0.05, 0) is 44.9 Å². The van der Waals surface area contributed by atoms with Crippen LogP contribution in [0.1, 0.15) is 20.3 Å². The summed E-state index contributed by atoms with van der Waals surface area (Å²) in [6, 6.07) is 0.695. The molecule has 1 fully saturated rings. The standard InChI is InChI=1S/C12H24N2S/c1-10(12-7-13-8-12)9-14(3)11(2)5-6-15-4/h11,13H,5-9H2,1-4H3. The van der Waals surface area contributed by atoms with Gasteiger partial charge in [-0.1, -0.05) is 5.57 Å². The zero-order valence-electron chi connectivity index (χ0n) is 10.5. The molecule has 0 aliphatic carbocycles. The zero-order valence-corrected chi connectivity index (χ0v) is 11.3. The van der Waals surface area contributed by atoms with E-state index in [9.17, 15) is 0 Å². The summed E-state index contributed by atoms with van der Waals surface area (Å²) in [4.78, 5) is 2.47. The molecule has 15 heavy (non-hydrogen) atoms. The van der Waals surface area contributed by atoms with E-state index in [1.165, 1.54) is 12.2 Å². The fourth-order valence-electron chi connectivity index (χ4n) is 1.70. The van der Waals surface area contributed by atoms with E-state index in [2.05, 4.69) is 37.4 Å². The van der Waals surface area contributed by atoms with E-state index in [0.29, 0.717) is 6.04 Å². The van der Waals surface area contributed by atoms with Gasteiger partial charge in [0, 0.05) is 25.7 Å². The van der Waals surface area contributed by atoms with E-state index >= 15 is 0 Å². The molecular formula is C12H24N2S. The normalized spacial score (nSPS) is 17.8. The molecular weight excluding hydrogens is 204 g/mol. The predicted molar refractivity (Wildman–Crippen MR) is 70.7 cm³/mol. The van der Waals surface area contributed by atoms with Crippen LogP contribution in [0, 0.1) is 0 Å². The third-order valence-corrected chi connectivity index (χ3v) is 3.90. The second-order valence-corrected chi connectivity index (χ2v) is 5.52. The van der Waals surface area contributed by atoms with Crippen molar-refractivity contribution in [1.29, 1.82) is 0 Å². The minimum absolute atomic E-state index is 0.695. The van der Waals surface area contributed by atoms with Gasteiger partial charge in [0.2, 0.25) is 0 Å². The molecule has 0 aromatic carbocycles. The molecule has 0 aromatic rings. The molecule has 1 saturated heterocycles. The Labute approximate surface area is 98.5 Å². The van der Waals surface area contributed by atoms with Crippen LogP contribution >= 0.6 is 11.8 Å². The van der Waals surface area contributed by atoms with Crippen molar-refractivity contribution < 1.29 is 0 Å². The maximum Gasteiger partial charge on any atom is 0.0193 e. The van der Waals surface area contributed by atoms with Crippen LogP contribution in [-0.2, 0) is 0 Å². The van der Waals surface area contributed by atoms with Gasteiger partial charge in [0.25, 0.3) is 0 Å². The van der Waals surface area contributed by atoms with Crippen LogP contribution < -0.4 is 5.32 Å². The molecule has 1 aliphatic rings. The summed E-state index contributed by atoms with van der Waals surface area (Å²) in [7, 11) is 2.24. The average Bonchev–Trinajstić information content (AvgIpc) is 2.10. The second-order valence-electron chi connectivity index (χ2n) is 4.53. The molecule has 0 aromatic heterocycles. The van der Waals surface area contributed by atoms with Crippen molar-refractivity contribution >= 4 is 11.8 Å². The number of nitrogens with zero attached hydrogens (tertiary/aromatic N) is 1. The molecule has 1 unspecified atom stereocenters. The number of thioether (sulfide) groups is 1. The lowest BCUT2D eigenvalue weighted by Crippen LogP contribution is -2.37. The Balaban J connectivity index is 2.30. The molecule has 1 atom stereocenters.